The first-order valence-electron chi connectivity index (χ1n) is 4.88. The molecule has 6 heteroatoms. The average molecular weight is 213 g/mol. The quantitative estimate of drug-likeness (QED) is 0.757. The van der Waals surface area contributed by atoms with Gasteiger partial charge in [-0.1, -0.05) is 13.8 Å². The van der Waals surface area contributed by atoms with Crippen molar-refractivity contribution in [2.45, 2.75) is 26.7 Å². The van der Waals surface area contributed by atoms with Crippen molar-refractivity contribution < 1.29 is 14.1 Å². The standard InChI is InChI=1S/C9H15N3O3/c1-7(2)4-3-5-14-9(13)11-8-10-6-15-12-8/h6-7H,3-5H2,1-2H3,(H,11,12,13). The van der Waals surface area contributed by atoms with E-state index in [1.54, 1.807) is 0 Å². The molecule has 0 aliphatic rings. The number of carbonyl (C=O) groups is 1. The average Bonchev–Trinajstić information content (AvgIpc) is 2.64. The highest BCUT2D eigenvalue weighted by molar-refractivity contribution is 5.81. The van der Waals surface area contributed by atoms with E-state index in [2.05, 4.69) is 33.8 Å². The van der Waals surface area contributed by atoms with Gasteiger partial charge in [0.1, 0.15) is 0 Å². The summed E-state index contributed by atoms with van der Waals surface area (Å²) in [5.41, 5.74) is 0. The number of amides is 1. The predicted molar refractivity (Wildman–Crippen MR) is 53.3 cm³/mol. The third-order valence-electron chi connectivity index (χ3n) is 1.73. The molecule has 1 aromatic heterocycles. The summed E-state index contributed by atoms with van der Waals surface area (Å²) in [4.78, 5) is 14.7. The van der Waals surface area contributed by atoms with E-state index < -0.39 is 6.09 Å². The van der Waals surface area contributed by atoms with Crippen molar-refractivity contribution in [3.8, 4) is 0 Å². The van der Waals surface area contributed by atoms with E-state index in [1.165, 1.54) is 0 Å². The lowest BCUT2D eigenvalue weighted by molar-refractivity contribution is 0.157. The summed E-state index contributed by atoms with van der Waals surface area (Å²) in [6.45, 7) is 4.65. The molecule has 1 amide bonds. The van der Waals surface area contributed by atoms with E-state index in [-0.39, 0.29) is 5.95 Å². The number of carbonyl (C=O) groups excluding carboxylic acids is 1. The van der Waals surface area contributed by atoms with Crippen molar-refractivity contribution in [1.82, 2.24) is 10.1 Å². The minimum absolute atomic E-state index is 0.115. The lowest BCUT2D eigenvalue weighted by Gasteiger charge is -2.05. The van der Waals surface area contributed by atoms with Crippen molar-refractivity contribution >= 4 is 12.0 Å². The normalized spacial score (nSPS) is 10.3. The molecule has 15 heavy (non-hydrogen) atoms. The van der Waals surface area contributed by atoms with E-state index in [1.807, 2.05) is 0 Å². The summed E-state index contributed by atoms with van der Waals surface area (Å²) in [6, 6.07) is 0. The smallest absolute Gasteiger partial charge is 0.414 e. The molecule has 0 fully saturated rings. The number of nitrogens with one attached hydrogen (secondary N) is 1. The van der Waals surface area contributed by atoms with Crippen LogP contribution < -0.4 is 5.32 Å². The third-order valence-corrected chi connectivity index (χ3v) is 1.73. The summed E-state index contributed by atoms with van der Waals surface area (Å²) < 4.78 is 9.34. The van der Waals surface area contributed by atoms with Crippen LogP contribution in [0.25, 0.3) is 0 Å². The molecule has 6 nitrogen and oxygen atoms in total. The molecule has 0 spiro atoms. The zero-order valence-electron chi connectivity index (χ0n) is 8.90. The van der Waals surface area contributed by atoms with Gasteiger partial charge in [-0.15, -0.1) is 0 Å². The van der Waals surface area contributed by atoms with E-state index in [9.17, 15) is 4.79 Å². The van der Waals surface area contributed by atoms with Crippen LogP contribution in [0.2, 0.25) is 0 Å². The van der Waals surface area contributed by atoms with Crippen LogP contribution in [0.1, 0.15) is 26.7 Å². The fraction of sp³-hybridized carbons (Fsp3) is 0.667. The summed E-state index contributed by atoms with van der Waals surface area (Å²) in [5, 5.41) is 5.75. The van der Waals surface area contributed by atoms with Crippen molar-refractivity contribution in [2.75, 3.05) is 11.9 Å². The largest absolute Gasteiger partial charge is 0.449 e. The second kappa shape index (κ2) is 6.00. The predicted octanol–water partition coefficient (Wildman–Crippen LogP) is 2.05. The first kappa shape index (κ1) is 11.5. The van der Waals surface area contributed by atoms with E-state index in [4.69, 9.17) is 4.74 Å². The molecule has 1 heterocycles. The fourth-order valence-corrected chi connectivity index (χ4v) is 1.01. The Bertz CT molecular complexity index is 285. The zero-order chi connectivity index (χ0) is 11.1. The third kappa shape index (κ3) is 4.99. The van der Waals surface area contributed by atoms with Gasteiger partial charge in [-0.05, 0) is 23.9 Å². The summed E-state index contributed by atoms with van der Waals surface area (Å²) in [5.74, 6) is 0.734. The number of hydrogen-bond acceptors (Lipinski definition) is 5. The molecule has 0 atom stereocenters. The summed E-state index contributed by atoms with van der Waals surface area (Å²) in [6.07, 6.45) is 2.47. The molecule has 0 radical (unpaired) electrons. The van der Waals surface area contributed by atoms with Gasteiger partial charge in [-0.3, -0.25) is 5.32 Å². The molecule has 1 aromatic rings. The highest BCUT2D eigenvalue weighted by atomic mass is 16.5. The molecule has 0 unspecified atom stereocenters. The van der Waals surface area contributed by atoms with Gasteiger partial charge in [0.15, 0.2) is 0 Å². The van der Waals surface area contributed by atoms with Crippen LogP contribution in [0.15, 0.2) is 10.9 Å². The number of hydrogen-bond donors (Lipinski definition) is 1. The molecular formula is C9H15N3O3. The monoisotopic (exact) mass is 213 g/mol. The molecule has 84 valence electrons. The molecule has 0 saturated heterocycles. The minimum Gasteiger partial charge on any atom is -0.449 e. The number of ether oxygens (including phenoxy) is 1. The Morgan fingerprint density at radius 1 is 1.67 bits per heavy atom. The molecule has 0 saturated carbocycles. The zero-order valence-corrected chi connectivity index (χ0v) is 8.90. The van der Waals surface area contributed by atoms with Gasteiger partial charge in [0.05, 0.1) is 6.61 Å². The van der Waals surface area contributed by atoms with Crippen LogP contribution in [0.5, 0.6) is 0 Å². The van der Waals surface area contributed by atoms with Gasteiger partial charge in [-0.25, -0.2) is 4.79 Å². The first-order valence-corrected chi connectivity index (χ1v) is 4.88. The Kier molecular flexibility index (Phi) is 4.59. The van der Waals surface area contributed by atoms with Crippen LogP contribution >= 0.6 is 0 Å². The Morgan fingerprint density at radius 3 is 3.07 bits per heavy atom. The van der Waals surface area contributed by atoms with E-state index >= 15 is 0 Å². The first-order chi connectivity index (χ1) is 7.18. The second-order valence-corrected chi connectivity index (χ2v) is 3.55. The molecular weight excluding hydrogens is 198 g/mol. The number of rotatable bonds is 5. The molecule has 0 bridgehead atoms. The Hall–Kier alpha value is -1.59. The Morgan fingerprint density at radius 2 is 2.47 bits per heavy atom. The summed E-state index contributed by atoms with van der Waals surface area (Å²) in [7, 11) is 0. The van der Waals surface area contributed by atoms with Gasteiger partial charge in [0.2, 0.25) is 6.39 Å². The second-order valence-electron chi connectivity index (χ2n) is 3.55. The van der Waals surface area contributed by atoms with Crippen LogP contribution in [-0.4, -0.2) is 22.8 Å². The van der Waals surface area contributed by atoms with E-state index in [0.717, 1.165) is 19.2 Å². The lowest BCUT2D eigenvalue weighted by Crippen LogP contribution is -2.15. The number of nitrogens with zero attached hydrogens (tertiary/aromatic N) is 2. The molecule has 0 aliphatic carbocycles. The number of aromatic nitrogens is 2. The fourth-order valence-electron chi connectivity index (χ4n) is 1.01. The highest BCUT2D eigenvalue weighted by Crippen LogP contribution is 2.03. The Labute approximate surface area is 88.0 Å². The van der Waals surface area contributed by atoms with Crippen molar-refractivity contribution in [3.05, 3.63) is 6.39 Å². The van der Waals surface area contributed by atoms with Gasteiger partial charge >= 0.3 is 6.09 Å². The highest BCUT2D eigenvalue weighted by Gasteiger charge is 2.05. The van der Waals surface area contributed by atoms with Crippen molar-refractivity contribution in [3.63, 3.8) is 0 Å². The molecule has 0 aliphatic heterocycles. The molecule has 1 rings (SSSR count). The van der Waals surface area contributed by atoms with Crippen molar-refractivity contribution in [2.24, 2.45) is 5.92 Å². The SMILES string of the molecule is CC(C)CCCOC(=O)Nc1ncon1. The number of anilines is 1. The van der Waals surface area contributed by atoms with Crippen LogP contribution in [0.4, 0.5) is 10.7 Å². The van der Waals surface area contributed by atoms with Crippen LogP contribution in [0.3, 0.4) is 0 Å². The van der Waals surface area contributed by atoms with Gasteiger partial charge < -0.3 is 9.26 Å². The maximum atomic E-state index is 11.1. The summed E-state index contributed by atoms with van der Waals surface area (Å²) >= 11 is 0. The minimum atomic E-state index is -0.555. The molecule has 1 N–H and O–H groups in total. The Balaban J connectivity index is 2.09. The molecule has 0 aromatic carbocycles. The van der Waals surface area contributed by atoms with Gasteiger partial charge in [0.25, 0.3) is 5.95 Å². The maximum absolute atomic E-state index is 11.1. The van der Waals surface area contributed by atoms with Crippen LogP contribution in [-0.2, 0) is 4.74 Å². The van der Waals surface area contributed by atoms with Gasteiger partial charge in [-0.2, -0.15) is 4.98 Å². The van der Waals surface area contributed by atoms with Crippen LogP contribution in [0, 0.1) is 5.92 Å². The van der Waals surface area contributed by atoms with E-state index in [0.29, 0.717) is 12.5 Å². The van der Waals surface area contributed by atoms with Crippen molar-refractivity contribution in [1.29, 1.82) is 0 Å². The topological polar surface area (TPSA) is 77.2 Å². The van der Waals surface area contributed by atoms with Gasteiger partial charge in [0, 0.05) is 0 Å². The maximum Gasteiger partial charge on any atom is 0.414 e. The lowest BCUT2D eigenvalue weighted by atomic mass is 10.1.